The van der Waals surface area contributed by atoms with E-state index in [0.29, 0.717) is 22.6 Å². The number of amidine groups is 1. The third kappa shape index (κ3) is 2.88. The number of hydrogen-bond donors (Lipinski definition) is 2. The molecule has 0 saturated heterocycles. The Morgan fingerprint density at radius 3 is 2.93 bits per heavy atom. The zero-order valence-corrected chi connectivity index (χ0v) is 9.01. The van der Waals surface area contributed by atoms with Crippen molar-refractivity contribution >= 4 is 22.7 Å². The summed E-state index contributed by atoms with van der Waals surface area (Å²) in [5, 5.41) is 0.532. The molecule has 0 fully saturated rings. The predicted octanol–water partition coefficient (Wildman–Crippen LogP) is 0.545. The molecule has 0 atom stereocenters. The van der Waals surface area contributed by atoms with Crippen molar-refractivity contribution in [2.45, 2.75) is 12.7 Å². The van der Waals surface area contributed by atoms with Crippen LogP contribution in [0.3, 0.4) is 0 Å². The maximum absolute atomic E-state index is 5.70. The van der Waals surface area contributed by atoms with Crippen molar-refractivity contribution in [3.63, 3.8) is 0 Å². The molecule has 0 aromatic carbocycles. The monoisotopic (exact) mass is 211 g/mol. The normalized spacial score (nSPS) is 11.7. The molecule has 1 heterocycles. The molecule has 0 saturated carbocycles. The van der Waals surface area contributed by atoms with Crippen LogP contribution < -0.4 is 11.5 Å². The van der Waals surface area contributed by atoms with Gasteiger partial charge < -0.3 is 11.5 Å². The number of thioether (sulfide) groups is 1. The van der Waals surface area contributed by atoms with Crippen molar-refractivity contribution in [1.82, 2.24) is 9.97 Å². The Balaban J connectivity index is 2.68. The number of nitrogens with zero attached hydrogens (tertiary/aromatic N) is 3. The maximum atomic E-state index is 5.70. The summed E-state index contributed by atoms with van der Waals surface area (Å²) in [6, 6.07) is 0. The molecule has 0 unspecified atom stereocenters. The van der Waals surface area contributed by atoms with Gasteiger partial charge in [0.2, 0.25) is 0 Å². The Morgan fingerprint density at radius 2 is 2.36 bits per heavy atom. The van der Waals surface area contributed by atoms with E-state index in [-0.39, 0.29) is 0 Å². The highest BCUT2D eigenvalue weighted by molar-refractivity contribution is 8.13. The molecule has 0 aliphatic heterocycles. The van der Waals surface area contributed by atoms with Crippen molar-refractivity contribution in [2.75, 3.05) is 12.8 Å². The van der Waals surface area contributed by atoms with Gasteiger partial charge in [-0.25, -0.2) is 9.97 Å². The third-order valence-corrected chi connectivity index (χ3v) is 2.55. The smallest absolute Gasteiger partial charge is 0.153 e. The second-order valence-electron chi connectivity index (χ2n) is 2.68. The Labute approximate surface area is 87.0 Å². The molecular weight excluding hydrogens is 198 g/mol. The summed E-state index contributed by atoms with van der Waals surface area (Å²) in [4.78, 5) is 11.9. The molecule has 0 bridgehead atoms. The minimum Gasteiger partial charge on any atom is -0.383 e. The van der Waals surface area contributed by atoms with Gasteiger partial charge in [0.25, 0.3) is 0 Å². The van der Waals surface area contributed by atoms with Gasteiger partial charge >= 0.3 is 0 Å². The van der Waals surface area contributed by atoms with Crippen LogP contribution in [0.25, 0.3) is 0 Å². The summed E-state index contributed by atoms with van der Waals surface area (Å²) in [6.07, 6.45) is 1.72. The van der Waals surface area contributed by atoms with Crippen molar-refractivity contribution in [2.24, 2.45) is 10.7 Å². The van der Waals surface area contributed by atoms with Crippen LogP contribution in [-0.4, -0.2) is 22.2 Å². The van der Waals surface area contributed by atoms with Crippen LogP contribution >= 0.6 is 11.8 Å². The molecule has 0 radical (unpaired) electrons. The quantitative estimate of drug-likeness (QED) is 0.550. The Morgan fingerprint density at radius 1 is 1.64 bits per heavy atom. The zero-order chi connectivity index (χ0) is 10.6. The molecule has 0 spiro atoms. The van der Waals surface area contributed by atoms with Crippen LogP contribution in [0.2, 0.25) is 0 Å². The highest BCUT2D eigenvalue weighted by Crippen LogP contribution is 2.15. The summed E-state index contributed by atoms with van der Waals surface area (Å²) in [6.45, 7) is 1.80. The molecule has 1 aromatic heterocycles. The lowest BCUT2D eigenvalue weighted by atomic mass is 10.3. The van der Waals surface area contributed by atoms with E-state index in [0.717, 1.165) is 5.56 Å². The topological polar surface area (TPSA) is 90.2 Å². The van der Waals surface area contributed by atoms with Crippen LogP contribution in [0.5, 0.6) is 0 Å². The standard InChI is InChI=1S/C8H13N5S/c1-5-12-3-6(7(9)13-5)4-14-8(10)11-2/h3H,4H2,1-2H3,(H2,10,11)(H2,9,12,13). The van der Waals surface area contributed by atoms with Crippen LogP contribution in [-0.2, 0) is 5.75 Å². The van der Waals surface area contributed by atoms with Gasteiger partial charge in [-0.2, -0.15) is 0 Å². The first-order valence-electron chi connectivity index (χ1n) is 4.06. The number of nitrogens with two attached hydrogens (primary N) is 2. The number of hydrogen-bond acceptors (Lipinski definition) is 5. The lowest BCUT2D eigenvalue weighted by Gasteiger charge is -2.03. The summed E-state index contributed by atoms with van der Waals surface area (Å²) >= 11 is 1.42. The van der Waals surface area contributed by atoms with Crippen LogP contribution in [0, 0.1) is 6.92 Å². The Bertz CT molecular complexity index is 350. The highest BCUT2D eigenvalue weighted by atomic mass is 32.2. The molecule has 4 N–H and O–H groups in total. The van der Waals surface area contributed by atoms with Gasteiger partial charge in [-0.05, 0) is 6.92 Å². The molecule has 0 aliphatic carbocycles. The van der Waals surface area contributed by atoms with E-state index in [2.05, 4.69) is 15.0 Å². The van der Waals surface area contributed by atoms with E-state index in [9.17, 15) is 0 Å². The first-order valence-corrected chi connectivity index (χ1v) is 5.05. The fourth-order valence-electron chi connectivity index (χ4n) is 0.840. The molecule has 0 aliphatic rings. The number of aromatic nitrogens is 2. The second-order valence-corrected chi connectivity index (χ2v) is 3.67. The number of anilines is 1. The van der Waals surface area contributed by atoms with E-state index in [1.54, 1.807) is 20.2 Å². The Kier molecular flexibility index (Phi) is 3.70. The van der Waals surface area contributed by atoms with Crippen molar-refractivity contribution in [3.05, 3.63) is 17.6 Å². The number of rotatable bonds is 2. The highest BCUT2D eigenvalue weighted by Gasteiger charge is 2.03. The molecule has 14 heavy (non-hydrogen) atoms. The van der Waals surface area contributed by atoms with E-state index >= 15 is 0 Å². The van der Waals surface area contributed by atoms with Crippen molar-refractivity contribution < 1.29 is 0 Å². The largest absolute Gasteiger partial charge is 0.383 e. The first-order chi connectivity index (χ1) is 6.63. The van der Waals surface area contributed by atoms with E-state index in [1.807, 2.05) is 0 Å². The molecule has 1 rings (SSSR count). The second kappa shape index (κ2) is 4.80. The van der Waals surface area contributed by atoms with Gasteiger partial charge in [-0.1, -0.05) is 11.8 Å². The molecule has 1 aromatic rings. The Hall–Kier alpha value is -1.30. The first kappa shape index (κ1) is 10.8. The fourth-order valence-corrected chi connectivity index (χ4v) is 1.49. The van der Waals surface area contributed by atoms with Crippen LogP contribution in [0.4, 0.5) is 5.82 Å². The summed E-state index contributed by atoms with van der Waals surface area (Å²) in [5.41, 5.74) is 12.1. The SMILES string of the molecule is CN=C(N)SCc1cnc(C)nc1N. The van der Waals surface area contributed by atoms with E-state index in [4.69, 9.17) is 11.5 Å². The maximum Gasteiger partial charge on any atom is 0.153 e. The fraction of sp³-hybridized carbons (Fsp3) is 0.375. The van der Waals surface area contributed by atoms with E-state index < -0.39 is 0 Å². The van der Waals surface area contributed by atoms with Crippen molar-refractivity contribution in [3.8, 4) is 0 Å². The summed E-state index contributed by atoms with van der Waals surface area (Å²) in [5.74, 6) is 1.83. The molecular formula is C8H13N5S. The van der Waals surface area contributed by atoms with Gasteiger partial charge in [0.1, 0.15) is 11.6 Å². The third-order valence-electron chi connectivity index (χ3n) is 1.61. The van der Waals surface area contributed by atoms with Crippen LogP contribution in [0.1, 0.15) is 11.4 Å². The lowest BCUT2D eigenvalue weighted by Crippen LogP contribution is -2.07. The average Bonchev–Trinajstić information content (AvgIpc) is 2.16. The van der Waals surface area contributed by atoms with Gasteiger partial charge in [-0.3, -0.25) is 4.99 Å². The number of aryl methyl sites for hydroxylation is 1. The molecule has 6 heteroatoms. The van der Waals surface area contributed by atoms with Gasteiger partial charge in [-0.15, -0.1) is 0 Å². The minimum atomic E-state index is 0.508. The summed E-state index contributed by atoms with van der Waals surface area (Å²) < 4.78 is 0. The summed E-state index contributed by atoms with van der Waals surface area (Å²) in [7, 11) is 1.65. The number of nitrogen functional groups attached to an aromatic ring is 1. The average molecular weight is 211 g/mol. The zero-order valence-electron chi connectivity index (χ0n) is 8.19. The molecule has 5 nitrogen and oxygen atoms in total. The molecule has 76 valence electrons. The molecule has 0 amide bonds. The van der Waals surface area contributed by atoms with Gasteiger partial charge in [0.05, 0.1) is 0 Å². The van der Waals surface area contributed by atoms with Crippen LogP contribution in [0.15, 0.2) is 11.2 Å². The van der Waals surface area contributed by atoms with Crippen molar-refractivity contribution in [1.29, 1.82) is 0 Å². The predicted molar refractivity (Wildman–Crippen MR) is 60.0 cm³/mol. The van der Waals surface area contributed by atoms with Gasteiger partial charge in [0.15, 0.2) is 5.17 Å². The number of aliphatic imine (C=N–C) groups is 1. The van der Waals surface area contributed by atoms with E-state index in [1.165, 1.54) is 11.8 Å². The lowest BCUT2D eigenvalue weighted by molar-refractivity contribution is 1.04. The van der Waals surface area contributed by atoms with Gasteiger partial charge in [0, 0.05) is 24.6 Å². The minimum absolute atomic E-state index is 0.508.